The molecule has 0 fully saturated rings. The number of aliphatic hydroxyl groups excluding tert-OH is 1. The van der Waals surface area contributed by atoms with Gasteiger partial charge < -0.3 is 42.7 Å². The molecule has 0 aliphatic heterocycles. The molecule has 0 saturated carbocycles. The summed E-state index contributed by atoms with van der Waals surface area (Å²) < 4.78 is 0. The summed E-state index contributed by atoms with van der Waals surface area (Å²) in [6, 6.07) is -5.80. The van der Waals surface area contributed by atoms with Gasteiger partial charge in [0.2, 0.25) is 23.6 Å². The van der Waals surface area contributed by atoms with E-state index >= 15 is 0 Å². The van der Waals surface area contributed by atoms with E-state index in [4.69, 9.17) is 21.7 Å². The van der Waals surface area contributed by atoms with Gasteiger partial charge in [-0.25, -0.2) is 0 Å². The molecule has 0 aromatic carbocycles. The predicted molar refractivity (Wildman–Crippen MR) is 99.4 cm³/mol. The second-order valence-corrected chi connectivity index (χ2v) is 6.56. The Hall–Kier alpha value is -3.26. The maximum absolute atomic E-state index is 12.5. The first-order chi connectivity index (χ1) is 13.8. The normalized spacial score (nSPS) is 15.6. The fourth-order valence-electron chi connectivity index (χ4n) is 2.08. The topological polar surface area (TPSA) is 251 Å². The highest BCUT2D eigenvalue weighted by molar-refractivity contribution is 5.96. The van der Waals surface area contributed by atoms with Gasteiger partial charge in [-0.1, -0.05) is 0 Å². The van der Waals surface area contributed by atoms with Gasteiger partial charge in [0.25, 0.3) is 0 Å². The van der Waals surface area contributed by atoms with E-state index in [1.807, 2.05) is 0 Å². The number of nitrogens with two attached hydrogens (primary N) is 2. The second-order valence-electron chi connectivity index (χ2n) is 6.56. The first kappa shape index (κ1) is 26.7. The van der Waals surface area contributed by atoms with Gasteiger partial charge in [-0.3, -0.25) is 28.8 Å². The van der Waals surface area contributed by atoms with Crippen LogP contribution in [0.3, 0.4) is 0 Å². The fourth-order valence-corrected chi connectivity index (χ4v) is 2.08. The number of aliphatic carboxylic acids is 2. The number of hydrogen-bond donors (Lipinski definition) is 8. The molecule has 4 amide bonds. The van der Waals surface area contributed by atoms with Gasteiger partial charge in [-0.15, -0.1) is 0 Å². The minimum absolute atomic E-state index is 0.393. The Morgan fingerprint density at radius 2 is 1.37 bits per heavy atom. The van der Waals surface area contributed by atoms with Crippen molar-refractivity contribution in [3.63, 3.8) is 0 Å². The standard InChI is InChI=1S/C16H27N5O9/c1-6(16(29)30)19-14(27)9(5-10(17)23)21-13(26)8(3-4-11(24)25)20-15(28)12(18)7(2)22/h6-9,12,22H,3-5,18H2,1-2H3,(H2,17,23)(H,19,27)(H,20,28)(H,21,26)(H,24,25)(H,29,30). The third-order valence-corrected chi connectivity index (χ3v) is 3.87. The molecule has 14 nitrogen and oxygen atoms in total. The third-order valence-electron chi connectivity index (χ3n) is 3.87. The minimum atomic E-state index is -1.58. The van der Waals surface area contributed by atoms with Crippen molar-refractivity contribution in [1.29, 1.82) is 0 Å². The number of carboxylic acid groups (broad SMARTS) is 2. The van der Waals surface area contributed by atoms with Crippen LogP contribution < -0.4 is 27.4 Å². The van der Waals surface area contributed by atoms with E-state index in [-0.39, 0.29) is 0 Å². The second kappa shape index (κ2) is 12.3. The molecule has 0 rings (SSSR count). The maximum Gasteiger partial charge on any atom is 0.325 e. The Kier molecular flexibility index (Phi) is 11.0. The lowest BCUT2D eigenvalue weighted by atomic mass is 10.1. The zero-order chi connectivity index (χ0) is 23.6. The fraction of sp³-hybridized carbons (Fsp3) is 0.625. The monoisotopic (exact) mass is 433 g/mol. The molecule has 5 atom stereocenters. The lowest BCUT2D eigenvalue weighted by molar-refractivity contribution is -0.142. The van der Waals surface area contributed by atoms with E-state index in [1.54, 1.807) is 0 Å². The van der Waals surface area contributed by atoms with E-state index in [2.05, 4.69) is 16.0 Å². The summed E-state index contributed by atoms with van der Waals surface area (Å²) in [4.78, 5) is 69.7. The van der Waals surface area contributed by atoms with Crippen molar-refractivity contribution in [1.82, 2.24) is 16.0 Å². The van der Waals surface area contributed by atoms with Gasteiger partial charge in [0.15, 0.2) is 0 Å². The maximum atomic E-state index is 12.5. The number of nitrogens with one attached hydrogen (secondary N) is 3. The summed E-state index contributed by atoms with van der Waals surface area (Å²) in [6.45, 7) is 2.38. The molecule has 0 radical (unpaired) electrons. The molecule has 0 spiro atoms. The summed E-state index contributed by atoms with van der Waals surface area (Å²) in [6.07, 6.45) is -2.88. The number of rotatable bonds is 13. The van der Waals surface area contributed by atoms with Crippen LogP contribution in [0.15, 0.2) is 0 Å². The molecule has 14 heteroatoms. The molecule has 30 heavy (non-hydrogen) atoms. The van der Waals surface area contributed by atoms with Crippen LogP contribution in [0, 0.1) is 0 Å². The summed E-state index contributed by atoms with van der Waals surface area (Å²) in [7, 11) is 0. The Labute approximate surface area is 171 Å². The molecule has 5 unspecified atom stereocenters. The molecule has 0 saturated heterocycles. The van der Waals surface area contributed by atoms with Crippen molar-refractivity contribution >= 4 is 35.6 Å². The number of hydrogen-bond acceptors (Lipinski definition) is 8. The van der Waals surface area contributed by atoms with Crippen LogP contribution in [0.5, 0.6) is 0 Å². The lowest BCUT2D eigenvalue weighted by Gasteiger charge is -2.24. The molecule has 0 aromatic rings. The van der Waals surface area contributed by atoms with E-state index in [0.29, 0.717) is 0 Å². The zero-order valence-electron chi connectivity index (χ0n) is 16.5. The molecular weight excluding hydrogens is 406 g/mol. The lowest BCUT2D eigenvalue weighted by Crippen LogP contribution is -2.58. The smallest absolute Gasteiger partial charge is 0.325 e. The van der Waals surface area contributed by atoms with E-state index in [0.717, 1.165) is 6.92 Å². The molecule has 0 aromatic heterocycles. The Morgan fingerprint density at radius 1 is 0.867 bits per heavy atom. The molecule has 0 aliphatic carbocycles. The average molecular weight is 433 g/mol. The van der Waals surface area contributed by atoms with Crippen LogP contribution in [0.25, 0.3) is 0 Å². The largest absolute Gasteiger partial charge is 0.481 e. The SMILES string of the molecule is CC(NC(=O)C(CC(N)=O)NC(=O)C(CCC(=O)O)NC(=O)C(N)C(C)O)C(=O)O. The highest BCUT2D eigenvalue weighted by atomic mass is 16.4. The average Bonchev–Trinajstić information content (AvgIpc) is 2.62. The number of carboxylic acids is 2. The first-order valence-electron chi connectivity index (χ1n) is 8.83. The van der Waals surface area contributed by atoms with Crippen molar-refractivity contribution in [3.05, 3.63) is 0 Å². The van der Waals surface area contributed by atoms with Gasteiger partial charge in [-0.2, -0.15) is 0 Å². The van der Waals surface area contributed by atoms with Crippen LogP contribution >= 0.6 is 0 Å². The third kappa shape index (κ3) is 9.79. The van der Waals surface area contributed by atoms with E-state index in [1.165, 1.54) is 6.92 Å². The van der Waals surface area contributed by atoms with E-state index < -0.39 is 85.1 Å². The number of aliphatic hydroxyl groups is 1. The van der Waals surface area contributed by atoms with Gasteiger partial charge in [0, 0.05) is 6.42 Å². The van der Waals surface area contributed by atoms with Crippen LogP contribution in [-0.4, -0.2) is 81.2 Å². The molecule has 0 aliphatic rings. The number of primary amides is 1. The van der Waals surface area contributed by atoms with Gasteiger partial charge in [-0.05, 0) is 20.3 Å². The summed E-state index contributed by atoms with van der Waals surface area (Å²) in [5.74, 6) is -6.64. The van der Waals surface area contributed by atoms with Crippen molar-refractivity contribution in [3.8, 4) is 0 Å². The summed E-state index contributed by atoms with van der Waals surface area (Å²) in [5.41, 5.74) is 10.5. The Bertz CT molecular complexity index is 682. The van der Waals surface area contributed by atoms with E-state index in [9.17, 15) is 33.9 Å². The highest BCUT2D eigenvalue weighted by Gasteiger charge is 2.31. The van der Waals surface area contributed by atoms with Crippen LogP contribution in [0.1, 0.15) is 33.1 Å². The van der Waals surface area contributed by atoms with Crippen molar-refractivity contribution in [2.24, 2.45) is 11.5 Å². The number of carbonyl (C=O) groups is 6. The molecule has 0 heterocycles. The molecular formula is C16H27N5O9. The van der Waals surface area contributed by atoms with Crippen molar-refractivity contribution in [2.75, 3.05) is 0 Å². The van der Waals surface area contributed by atoms with Crippen molar-refractivity contribution < 1.29 is 44.1 Å². The summed E-state index contributed by atoms with van der Waals surface area (Å²) >= 11 is 0. The number of carbonyl (C=O) groups excluding carboxylic acids is 4. The quantitative estimate of drug-likeness (QED) is 0.140. The van der Waals surface area contributed by atoms with Crippen LogP contribution in [0.2, 0.25) is 0 Å². The van der Waals surface area contributed by atoms with Gasteiger partial charge >= 0.3 is 11.9 Å². The molecule has 10 N–H and O–H groups in total. The predicted octanol–water partition coefficient (Wildman–Crippen LogP) is -4.01. The van der Waals surface area contributed by atoms with Gasteiger partial charge in [0.05, 0.1) is 12.5 Å². The Balaban J connectivity index is 5.44. The first-order valence-corrected chi connectivity index (χ1v) is 8.83. The van der Waals surface area contributed by atoms with Crippen LogP contribution in [-0.2, 0) is 28.8 Å². The zero-order valence-corrected chi connectivity index (χ0v) is 16.5. The molecule has 170 valence electrons. The highest BCUT2D eigenvalue weighted by Crippen LogP contribution is 2.03. The Morgan fingerprint density at radius 3 is 1.80 bits per heavy atom. The van der Waals surface area contributed by atoms with Gasteiger partial charge in [0.1, 0.15) is 24.2 Å². The van der Waals surface area contributed by atoms with Crippen molar-refractivity contribution in [2.45, 2.75) is 63.4 Å². The summed E-state index contributed by atoms with van der Waals surface area (Å²) in [5, 5.41) is 33.4. The van der Waals surface area contributed by atoms with Crippen LogP contribution in [0.4, 0.5) is 0 Å². The molecule has 0 bridgehead atoms. The number of amides is 4. The minimum Gasteiger partial charge on any atom is -0.481 e.